The maximum Gasteiger partial charge on any atom is 0.244 e. The van der Waals surface area contributed by atoms with Crippen LogP contribution in [0.1, 0.15) is 67.5 Å². The van der Waals surface area contributed by atoms with E-state index in [1.54, 1.807) is 117 Å². The number of nitrogens with two attached hydrogens (primary N) is 4. The molecule has 4 aromatic carbocycles. The number of thiol groups is 2. The number of carbonyl (C=O) groups excluding carboxylic acids is 12. The summed E-state index contributed by atoms with van der Waals surface area (Å²) in [5.41, 5.74) is 25.9. The van der Waals surface area contributed by atoms with Crippen molar-refractivity contribution in [1.82, 2.24) is 84.1 Å². The van der Waals surface area contributed by atoms with Crippen molar-refractivity contribution in [3.05, 3.63) is 156 Å². The monoisotopic (exact) mass is 1530 g/mol. The first-order valence-corrected chi connectivity index (χ1v) is 36.0. The van der Waals surface area contributed by atoms with Crippen molar-refractivity contribution in [3.63, 3.8) is 0 Å². The van der Waals surface area contributed by atoms with Crippen LogP contribution in [-0.4, -0.2) is 201 Å². The van der Waals surface area contributed by atoms with Crippen LogP contribution in [0.3, 0.4) is 0 Å². The predicted molar refractivity (Wildman–Crippen MR) is 408 cm³/mol. The van der Waals surface area contributed by atoms with Crippen LogP contribution in [0.4, 0.5) is 0 Å². The Labute approximate surface area is 633 Å². The van der Waals surface area contributed by atoms with Gasteiger partial charge in [0.05, 0.1) is 31.2 Å². The first-order chi connectivity index (χ1) is 51.6. The van der Waals surface area contributed by atoms with E-state index in [2.05, 4.69) is 109 Å². The second kappa shape index (κ2) is 43.7. The zero-order valence-electron chi connectivity index (χ0n) is 59.6. The quantitative estimate of drug-likeness (QED) is 0.00766. The molecule has 580 valence electrons. The second-order valence-electron chi connectivity index (χ2n) is 25.7. The highest BCUT2D eigenvalue weighted by molar-refractivity contribution is 7.80. The van der Waals surface area contributed by atoms with Gasteiger partial charge < -0.3 is 107 Å². The number of phenols is 1. The molecule has 0 fully saturated rings. The fourth-order valence-electron chi connectivity index (χ4n) is 11.2. The SMILES string of the molecule is CC(C)[C@H](NC(=O)[C@@H](N)Cc1ccc(O)cc1)C(=O)N[C@H](CS)C(=O)NCC(=O)N[C@@H](Cc1c[nH]cn1)C(=O)N[C@@H](Cc1ccccc1)C(=O)N[C@@H](CCCNC(=N)N)C(=O)N[C@@H](Cc1c[nH]c2ccccc12)C(=O)N[C@@H](CS)C(=O)N[C@@H](CCCNC(=N)N)C(=O)N[C@@H](Cc1ccccc1)C(=O)NCC(N)=O. The van der Waals surface area contributed by atoms with Crippen LogP contribution in [-0.2, 0) is 89.6 Å². The molecule has 12 amide bonds. The molecule has 6 rings (SSSR count). The number of hydrogen-bond donors (Lipinski definition) is 24. The first kappa shape index (κ1) is 85.2. The van der Waals surface area contributed by atoms with Gasteiger partial charge >= 0.3 is 0 Å². The van der Waals surface area contributed by atoms with Gasteiger partial charge in [-0.2, -0.15) is 25.3 Å². The Kier molecular flexibility index (Phi) is 34.4. The number of aromatic hydroxyl groups is 1. The van der Waals surface area contributed by atoms with Gasteiger partial charge in [0.1, 0.15) is 60.1 Å². The summed E-state index contributed by atoms with van der Waals surface area (Å²) < 4.78 is 0. The van der Waals surface area contributed by atoms with Crippen LogP contribution in [0.5, 0.6) is 5.75 Å². The summed E-state index contributed by atoms with van der Waals surface area (Å²) in [5.74, 6) is -12.1. The summed E-state index contributed by atoms with van der Waals surface area (Å²) in [6, 6.07) is 16.4. The number of imidazole rings is 1. The minimum atomic E-state index is -1.54. The largest absolute Gasteiger partial charge is 0.508 e. The zero-order valence-corrected chi connectivity index (χ0v) is 61.4. The normalized spacial score (nSPS) is 13.8. The molecule has 0 saturated carbocycles. The summed E-state index contributed by atoms with van der Waals surface area (Å²) in [7, 11) is 0. The van der Waals surface area contributed by atoms with E-state index in [0.29, 0.717) is 33.2 Å². The average Bonchev–Trinajstić information content (AvgIpc) is 1.64. The predicted octanol–water partition coefficient (Wildman–Crippen LogP) is -3.44. The molecular weight excluding hydrogens is 1430 g/mol. The number of aromatic nitrogens is 3. The number of H-pyrrole nitrogens is 2. The maximum atomic E-state index is 15.1. The van der Waals surface area contributed by atoms with Gasteiger partial charge in [0.25, 0.3) is 0 Å². The number of fused-ring (bicyclic) bond motifs is 1. The molecular formula is C71H96N22O13S2. The summed E-state index contributed by atoms with van der Waals surface area (Å²) in [5, 5.41) is 59.8. The summed E-state index contributed by atoms with van der Waals surface area (Å²) in [6.07, 6.45) is 3.72. The number of benzene rings is 4. The molecule has 0 bridgehead atoms. The van der Waals surface area contributed by atoms with E-state index in [0.717, 1.165) is 0 Å². The Morgan fingerprint density at radius 3 is 1.41 bits per heavy atom. The molecule has 0 aliphatic rings. The van der Waals surface area contributed by atoms with Gasteiger partial charge in [0.15, 0.2) is 11.9 Å². The van der Waals surface area contributed by atoms with Gasteiger partial charge in [0.2, 0.25) is 70.9 Å². The van der Waals surface area contributed by atoms with Gasteiger partial charge in [-0.25, -0.2) is 4.98 Å². The molecule has 108 heavy (non-hydrogen) atoms. The molecule has 2 aromatic heterocycles. The Morgan fingerprint density at radius 2 is 0.898 bits per heavy atom. The van der Waals surface area contributed by atoms with Crippen molar-refractivity contribution in [3.8, 4) is 5.75 Å². The number of para-hydroxylation sites is 1. The van der Waals surface area contributed by atoms with E-state index in [4.69, 9.17) is 33.8 Å². The van der Waals surface area contributed by atoms with Gasteiger partial charge in [-0.3, -0.25) is 68.4 Å². The molecule has 0 aliphatic carbocycles. The number of nitrogens with zero attached hydrogens (tertiary/aromatic N) is 1. The number of primary amides is 1. The summed E-state index contributed by atoms with van der Waals surface area (Å²) >= 11 is 8.67. The number of hydrogen-bond acceptors (Lipinski definition) is 19. The van der Waals surface area contributed by atoms with Crippen molar-refractivity contribution >= 4 is 119 Å². The van der Waals surface area contributed by atoms with E-state index >= 15 is 9.59 Å². The number of phenolic OH excluding ortho intramolecular Hbond substituents is 1. The van der Waals surface area contributed by atoms with E-state index in [1.807, 2.05) is 0 Å². The van der Waals surface area contributed by atoms with E-state index in [9.17, 15) is 53.1 Å². The Hall–Kier alpha value is -11.7. The van der Waals surface area contributed by atoms with Gasteiger partial charge in [-0.15, -0.1) is 0 Å². The smallest absolute Gasteiger partial charge is 0.244 e. The van der Waals surface area contributed by atoms with Crippen molar-refractivity contribution in [1.29, 1.82) is 10.8 Å². The third-order valence-corrected chi connectivity index (χ3v) is 17.6. The molecule has 0 spiro atoms. The molecule has 6 aromatic rings. The van der Waals surface area contributed by atoms with Gasteiger partial charge in [-0.05, 0) is 78.5 Å². The highest BCUT2D eigenvalue weighted by Crippen LogP contribution is 2.21. The summed E-state index contributed by atoms with van der Waals surface area (Å²) in [6.45, 7) is 2.15. The lowest BCUT2D eigenvalue weighted by Crippen LogP contribution is -2.61. The fraction of sp³-hybridized carbons (Fsp3) is 0.394. The van der Waals surface area contributed by atoms with E-state index in [-0.39, 0.29) is 99.8 Å². The molecule has 26 N–H and O–H groups in total. The van der Waals surface area contributed by atoms with Crippen LogP contribution in [0, 0.1) is 16.7 Å². The minimum Gasteiger partial charge on any atom is -0.508 e. The number of aromatic amines is 2. The van der Waals surface area contributed by atoms with Crippen LogP contribution >= 0.6 is 25.3 Å². The molecule has 0 aliphatic heterocycles. The Balaban J connectivity index is 1.22. The zero-order chi connectivity index (χ0) is 78.8. The lowest BCUT2D eigenvalue weighted by molar-refractivity contribution is -0.135. The van der Waals surface area contributed by atoms with E-state index < -0.39 is 156 Å². The standard InChI is InChI=1S/C71H96N22O13S2/c1-39(2)59(93-60(97)47(72)27-42-21-23-45(94)24-22-42)69(106)92-55(36-107)62(99)83-35-58(96)85-54(31-44-33-78-38-84-44)67(104)89-52(29-41-15-7-4-8-16-41)65(102)86-49(19-11-25-79-70(74)75)64(101)90-53(30-43-32-81-48-18-10-9-17-46(43)48)66(103)91-56(37-108)68(105)87-50(20-12-26-80-71(76)77)63(100)88-51(61(98)82-34-57(73)95)28-40-13-5-3-6-14-40/h3-10,13-18,21-24,32-33,38-39,47,49-56,59,81,94,107-108H,11-12,19-20,25-31,34-37,72H2,1-2H3,(H2,73,95)(H,78,84)(H,82,98)(H,83,99)(H,85,96)(H,86,102)(H,87,105)(H,88,100)(H,89,104)(H,90,101)(H,91,103)(H,92,106)(H,93,97)(H4,74,75,79)(H4,76,77,80)/t47-,49-,50-,51-,52-,53-,54-,55+,56-,59-/m0/s1. The molecule has 37 heteroatoms. The number of rotatable bonds is 44. The topological polar surface area (TPSA) is 578 Å². The van der Waals surface area contributed by atoms with Crippen molar-refractivity contribution < 1.29 is 62.6 Å². The number of guanidine groups is 2. The second-order valence-corrected chi connectivity index (χ2v) is 26.4. The third kappa shape index (κ3) is 28.6. The fourth-order valence-corrected chi connectivity index (χ4v) is 11.7. The molecule has 0 unspecified atom stereocenters. The van der Waals surface area contributed by atoms with Crippen LogP contribution in [0.15, 0.2) is 128 Å². The maximum absolute atomic E-state index is 15.1. The van der Waals surface area contributed by atoms with E-state index in [1.165, 1.54) is 24.7 Å². The Bertz CT molecular complexity index is 4040. The first-order valence-electron chi connectivity index (χ1n) is 34.7. The minimum absolute atomic E-state index is 0.0248. The lowest BCUT2D eigenvalue weighted by atomic mass is 10.0. The lowest BCUT2D eigenvalue weighted by Gasteiger charge is -2.28. The Morgan fingerprint density at radius 1 is 0.463 bits per heavy atom. The third-order valence-electron chi connectivity index (χ3n) is 16.9. The number of nitrogens with one attached hydrogen (secondary N) is 17. The van der Waals surface area contributed by atoms with Crippen LogP contribution in [0.2, 0.25) is 0 Å². The van der Waals surface area contributed by atoms with Crippen LogP contribution in [0.25, 0.3) is 10.9 Å². The molecule has 0 saturated heterocycles. The van der Waals surface area contributed by atoms with Crippen molar-refractivity contribution in [2.75, 3.05) is 37.7 Å². The highest BCUT2D eigenvalue weighted by atomic mass is 32.1. The van der Waals surface area contributed by atoms with Crippen molar-refractivity contribution in [2.45, 2.75) is 132 Å². The highest BCUT2D eigenvalue weighted by Gasteiger charge is 2.36. The van der Waals surface area contributed by atoms with Gasteiger partial charge in [0, 0.05) is 73.6 Å². The molecule has 2 heterocycles. The number of carbonyl (C=O) groups is 12. The van der Waals surface area contributed by atoms with Crippen molar-refractivity contribution in [2.24, 2.45) is 28.9 Å². The van der Waals surface area contributed by atoms with Crippen LogP contribution < -0.4 is 92.1 Å². The number of amides is 12. The summed E-state index contributed by atoms with van der Waals surface area (Å²) in [4.78, 5) is 178. The molecule has 0 radical (unpaired) electrons. The molecule has 35 nitrogen and oxygen atoms in total. The van der Waals surface area contributed by atoms with Gasteiger partial charge in [-0.1, -0.05) is 105 Å². The average molecular weight is 1530 g/mol. The molecule has 10 atom stereocenters.